The first kappa shape index (κ1) is 17.8. The normalized spacial score (nSPS) is 10.2. The molecule has 0 radical (unpaired) electrons. The Balaban J connectivity index is 2.07. The first-order chi connectivity index (χ1) is 10.5. The molecule has 0 bridgehead atoms. The average molecular weight is 308 g/mol. The second-order valence-corrected chi connectivity index (χ2v) is 5.14. The molecule has 2 amide bonds. The molecule has 6 nitrogen and oxygen atoms in total. The van der Waals surface area contributed by atoms with Gasteiger partial charge in [-0.25, -0.2) is 4.79 Å². The zero-order chi connectivity index (χ0) is 16.4. The van der Waals surface area contributed by atoms with Gasteiger partial charge in [0.2, 0.25) is 0 Å². The third-order valence-corrected chi connectivity index (χ3v) is 2.63. The van der Waals surface area contributed by atoms with E-state index in [0.717, 1.165) is 11.3 Å². The highest BCUT2D eigenvalue weighted by molar-refractivity contribution is 5.75. The summed E-state index contributed by atoms with van der Waals surface area (Å²) < 4.78 is 10.5. The maximum Gasteiger partial charge on any atom is 0.314 e. The Hall–Kier alpha value is -2.24. The molecule has 0 aliphatic rings. The van der Waals surface area contributed by atoms with Gasteiger partial charge in [0.15, 0.2) is 0 Å². The van der Waals surface area contributed by atoms with Gasteiger partial charge in [-0.15, -0.1) is 0 Å². The summed E-state index contributed by atoms with van der Waals surface area (Å²) in [6.07, 6.45) is 0.0193. The van der Waals surface area contributed by atoms with Gasteiger partial charge in [-0.1, -0.05) is 12.1 Å². The summed E-state index contributed by atoms with van der Waals surface area (Å²) in [6, 6.07) is 7.38. The quantitative estimate of drug-likeness (QED) is 0.569. The van der Waals surface area contributed by atoms with Crippen molar-refractivity contribution >= 4 is 12.0 Å². The van der Waals surface area contributed by atoms with Gasteiger partial charge in [-0.2, -0.15) is 0 Å². The van der Waals surface area contributed by atoms with Gasteiger partial charge in [0.1, 0.15) is 12.4 Å². The number of aryl methyl sites for hydroxylation is 1. The van der Waals surface area contributed by atoms with E-state index in [1.807, 2.05) is 31.2 Å². The molecule has 1 aromatic carbocycles. The Morgan fingerprint density at radius 1 is 1.18 bits per heavy atom. The minimum atomic E-state index is -0.329. The summed E-state index contributed by atoms with van der Waals surface area (Å²) in [7, 11) is 0. The van der Waals surface area contributed by atoms with E-state index < -0.39 is 0 Å². The fourth-order valence-electron chi connectivity index (χ4n) is 1.70. The van der Waals surface area contributed by atoms with Gasteiger partial charge >= 0.3 is 12.0 Å². The lowest BCUT2D eigenvalue weighted by atomic mass is 10.2. The molecule has 0 unspecified atom stereocenters. The summed E-state index contributed by atoms with van der Waals surface area (Å²) in [5, 5.41) is 5.24. The molecular formula is C16H24N2O4. The van der Waals surface area contributed by atoms with Crippen molar-refractivity contribution in [2.75, 3.05) is 19.7 Å². The molecule has 2 N–H and O–H groups in total. The molecule has 0 heterocycles. The smallest absolute Gasteiger partial charge is 0.314 e. The van der Waals surface area contributed by atoms with Crippen LogP contribution in [0.1, 0.15) is 25.8 Å². The molecule has 0 saturated heterocycles. The van der Waals surface area contributed by atoms with Gasteiger partial charge in [0.25, 0.3) is 0 Å². The van der Waals surface area contributed by atoms with Crippen molar-refractivity contribution in [3.63, 3.8) is 0 Å². The molecule has 0 aliphatic carbocycles. The number of carbonyl (C=O) groups excluding carboxylic acids is 2. The van der Waals surface area contributed by atoms with Crippen LogP contribution in [0.25, 0.3) is 0 Å². The number of esters is 1. The van der Waals surface area contributed by atoms with E-state index in [4.69, 9.17) is 9.47 Å². The number of rotatable bonds is 8. The maximum atomic E-state index is 11.5. The zero-order valence-electron chi connectivity index (χ0n) is 13.3. The number of urea groups is 1. The van der Waals surface area contributed by atoms with Crippen molar-refractivity contribution in [2.45, 2.75) is 33.3 Å². The molecule has 0 atom stereocenters. The van der Waals surface area contributed by atoms with Gasteiger partial charge in [0, 0.05) is 6.54 Å². The molecule has 22 heavy (non-hydrogen) atoms. The average Bonchev–Trinajstić information content (AvgIpc) is 2.43. The number of amides is 2. The Labute approximate surface area is 131 Å². The highest BCUT2D eigenvalue weighted by Gasteiger charge is 2.06. The van der Waals surface area contributed by atoms with Crippen molar-refractivity contribution < 1.29 is 19.1 Å². The van der Waals surface area contributed by atoms with Crippen molar-refractivity contribution in [3.05, 3.63) is 29.8 Å². The SMILES string of the molecule is Cc1cccc(OCCNC(=O)NCCC(=O)OC(C)C)c1. The monoisotopic (exact) mass is 308 g/mol. The summed E-state index contributed by atoms with van der Waals surface area (Å²) >= 11 is 0. The standard InChI is InChI=1S/C16H24N2O4/c1-12(2)22-15(19)7-8-17-16(20)18-9-10-21-14-6-4-5-13(3)11-14/h4-6,11-12H,7-10H2,1-3H3,(H2,17,18,20). The molecule has 0 saturated carbocycles. The van der Waals surface area contributed by atoms with Crippen LogP contribution in [-0.4, -0.2) is 37.8 Å². The topological polar surface area (TPSA) is 76.7 Å². The van der Waals surface area contributed by atoms with Crippen molar-refractivity contribution in [2.24, 2.45) is 0 Å². The van der Waals surface area contributed by atoms with E-state index in [9.17, 15) is 9.59 Å². The fraction of sp³-hybridized carbons (Fsp3) is 0.500. The highest BCUT2D eigenvalue weighted by Crippen LogP contribution is 2.11. The first-order valence-corrected chi connectivity index (χ1v) is 7.38. The van der Waals surface area contributed by atoms with Crippen LogP contribution in [-0.2, 0) is 9.53 Å². The number of ether oxygens (including phenoxy) is 2. The predicted octanol–water partition coefficient (Wildman–Crippen LogP) is 2.01. The van der Waals surface area contributed by atoms with E-state index in [1.165, 1.54) is 0 Å². The molecule has 0 spiro atoms. The Morgan fingerprint density at radius 2 is 1.91 bits per heavy atom. The lowest BCUT2D eigenvalue weighted by Crippen LogP contribution is -2.38. The fourth-order valence-corrected chi connectivity index (χ4v) is 1.70. The lowest BCUT2D eigenvalue weighted by Gasteiger charge is -2.10. The largest absolute Gasteiger partial charge is 0.492 e. The van der Waals surface area contributed by atoms with Crippen LogP contribution in [0.2, 0.25) is 0 Å². The van der Waals surface area contributed by atoms with E-state index in [0.29, 0.717) is 13.2 Å². The summed E-state index contributed by atoms with van der Waals surface area (Å²) in [5.74, 6) is 0.455. The molecule has 122 valence electrons. The molecule has 1 rings (SSSR count). The Bertz CT molecular complexity index is 489. The van der Waals surface area contributed by atoms with Gasteiger partial charge in [-0.3, -0.25) is 4.79 Å². The highest BCUT2D eigenvalue weighted by atomic mass is 16.5. The predicted molar refractivity (Wildman–Crippen MR) is 83.9 cm³/mol. The van der Waals surface area contributed by atoms with E-state index >= 15 is 0 Å². The van der Waals surface area contributed by atoms with Crippen LogP contribution < -0.4 is 15.4 Å². The number of hydrogen-bond acceptors (Lipinski definition) is 4. The minimum Gasteiger partial charge on any atom is -0.492 e. The first-order valence-electron chi connectivity index (χ1n) is 7.38. The van der Waals surface area contributed by atoms with E-state index in [-0.39, 0.29) is 31.1 Å². The molecule has 1 aromatic rings. The van der Waals surface area contributed by atoms with Crippen LogP contribution in [0.4, 0.5) is 4.79 Å². The van der Waals surface area contributed by atoms with Gasteiger partial charge < -0.3 is 20.1 Å². The van der Waals surface area contributed by atoms with Crippen molar-refractivity contribution in [1.29, 1.82) is 0 Å². The molecule has 0 aromatic heterocycles. The Kier molecular flexibility index (Phi) is 7.81. The summed E-state index contributed by atoms with van der Waals surface area (Å²) in [6.45, 7) is 6.57. The number of hydrogen-bond donors (Lipinski definition) is 2. The summed E-state index contributed by atoms with van der Waals surface area (Å²) in [4.78, 5) is 22.7. The van der Waals surface area contributed by atoms with Gasteiger partial charge in [0.05, 0.1) is 19.1 Å². The van der Waals surface area contributed by atoms with Crippen LogP contribution >= 0.6 is 0 Å². The molecule has 0 aliphatic heterocycles. The van der Waals surface area contributed by atoms with E-state index in [2.05, 4.69) is 10.6 Å². The number of benzene rings is 1. The van der Waals surface area contributed by atoms with Gasteiger partial charge in [-0.05, 0) is 38.5 Å². The minimum absolute atomic E-state index is 0.139. The lowest BCUT2D eigenvalue weighted by molar-refractivity contribution is -0.147. The number of carbonyl (C=O) groups is 2. The van der Waals surface area contributed by atoms with Crippen LogP contribution in [0.15, 0.2) is 24.3 Å². The molecule has 6 heteroatoms. The second-order valence-electron chi connectivity index (χ2n) is 5.14. The Morgan fingerprint density at radius 3 is 2.59 bits per heavy atom. The van der Waals surface area contributed by atoms with Crippen molar-refractivity contribution in [1.82, 2.24) is 10.6 Å². The summed E-state index contributed by atoms with van der Waals surface area (Å²) in [5.41, 5.74) is 1.12. The molecular weight excluding hydrogens is 284 g/mol. The third kappa shape index (κ3) is 8.14. The molecule has 0 fully saturated rings. The third-order valence-electron chi connectivity index (χ3n) is 2.63. The van der Waals surface area contributed by atoms with Crippen molar-refractivity contribution in [3.8, 4) is 5.75 Å². The number of nitrogens with one attached hydrogen (secondary N) is 2. The second kappa shape index (κ2) is 9.65. The van der Waals surface area contributed by atoms with Crippen LogP contribution in [0.5, 0.6) is 5.75 Å². The maximum absolute atomic E-state index is 11.5. The zero-order valence-corrected chi connectivity index (χ0v) is 13.3. The van der Waals surface area contributed by atoms with E-state index in [1.54, 1.807) is 13.8 Å². The van der Waals surface area contributed by atoms with Crippen LogP contribution in [0.3, 0.4) is 0 Å². The van der Waals surface area contributed by atoms with Crippen LogP contribution in [0, 0.1) is 6.92 Å².